The minimum absolute atomic E-state index is 0.451. The summed E-state index contributed by atoms with van der Waals surface area (Å²) < 4.78 is 0. The fourth-order valence-electron chi connectivity index (χ4n) is 3.83. The summed E-state index contributed by atoms with van der Waals surface area (Å²) in [6.45, 7) is 3.89. The molecule has 5 rings (SSSR count). The third-order valence-electron chi connectivity index (χ3n) is 5.52. The van der Waals surface area contributed by atoms with Crippen LogP contribution in [0.2, 0.25) is 0 Å². The molecule has 2 aromatic carbocycles. The van der Waals surface area contributed by atoms with E-state index in [0.717, 1.165) is 51.8 Å². The van der Waals surface area contributed by atoms with E-state index in [1.807, 2.05) is 13.0 Å². The molecule has 142 valence electrons. The van der Waals surface area contributed by atoms with Crippen molar-refractivity contribution in [2.45, 2.75) is 25.9 Å². The maximum Gasteiger partial charge on any atom is 0.206 e. The summed E-state index contributed by atoms with van der Waals surface area (Å²) in [6.07, 6.45) is 1.06. The number of H-pyrrole nitrogens is 1. The lowest BCUT2D eigenvalue weighted by atomic mass is 9.94. The first kappa shape index (κ1) is 17.3. The number of nitrogens with zero attached hydrogens (tertiary/aromatic N) is 4. The van der Waals surface area contributed by atoms with Crippen molar-refractivity contribution >= 4 is 27.4 Å². The molecule has 6 nitrogen and oxygen atoms in total. The number of hydrogen-bond donors (Lipinski definition) is 2. The molecule has 3 heterocycles. The Morgan fingerprint density at radius 3 is 2.93 bits per heavy atom. The Hall–Kier alpha value is -2.77. The fourth-order valence-corrected chi connectivity index (χ4v) is 4.58. The first-order chi connectivity index (χ1) is 13.7. The number of aromatic amines is 1. The van der Waals surface area contributed by atoms with Crippen LogP contribution in [-0.2, 0) is 13.0 Å². The normalized spacial score (nSPS) is 17.0. The van der Waals surface area contributed by atoms with E-state index < -0.39 is 0 Å². The molecule has 0 fully saturated rings. The Morgan fingerprint density at radius 1 is 1.18 bits per heavy atom. The third kappa shape index (κ3) is 3.16. The van der Waals surface area contributed by atoms with Gasteiger partial charge in [-0.1, -0.05) is 35.6 Å². The molecule has 0 aliphatic carbocycles. The first-order valence-electron chi connectivity index (χ1n) is 9.47. The van der Waals surface area contributed by atoms with E-state index >= 15 is 0 Å². The largest absolute Gasteiger partial charge is 0.358 e. The zero-order chi connectivity index (χ0) is 19.1. The molecule has 1 atom stereocenters. The lowest BCUT2D eigenvalue weighted by molar-refractivity contribution is 0.225. The Bertz CT molecular complexity index is 1130. The van der Waals surface area contributed by atoms with E-state index in [9.17, 15) is 0 Å². The predicted octanol–water partition coefficient (Wildman–Crippen LogP) is 3.86. The van der Waals surface area contributed by atoms with Gasteiger partial charge in [-0.2, -0.15) is 5.10 Å². The molecule has 4 aromatic rings. The van der Waals surface area contributed by atoms with Gasteiger partial charge in [0.2, 0.25) is 5.13 Å². The van der Waals surface area contributed by atoms with E-state index in [1.54, 1.807) is 11.3 Å². The molecule has 0 spiro atoms. The van der Waals surface area contributed by atoms with Gasteiger partial charge in [0.15, 0.2) is 0 Å². The Morgan fingerprint density at radius 2 is 2.04 bits per heavy atom. The highest BCUT2D eigenvalue weighted by Gasteiger charge is 2.23. The third-order valence-corrected chi connectivity index (χ3v) is 6.45. The molecule has 0 saturated carbocycles. The molecule has 0 saturated heterocycles. The van der Waals surface area contributed by atoms with Gasteiger partial charge in [0, 0.05) is 35.8 Å². The van der Waals surface area contributed by atoms with Crippen LogP contribution in [0.1, 0.15) is 16.8 Å². The van der Waals surface area contributed by atoms with Gasteiger partial charge in [-0.15, -0.1) is 10.2 Å². The van der Waals surface area contributed by atoms with Crippen LogP contribution in [0.15, 0.2) is 42.5 Å². The van der Waals surface area contributed by atoms with Crippen LogP contribution in [0, 0.1) is 6.92 Å². The number of aryl methyl sites for hydroxylation is 1. The van der Waals surface area contributed by atoms with E-state index in [-0.39, 0.29) is 0 Å². The zero-order valence-corrected chi connectivity index (χ0v) is 16.8. The second-order valence-corrected chi connectivity index (χ2v) is 8.39. The number of nitrogens with one attached hydrogen (secondary N) is 2. The van der Waals surface area contributed by atoms with Crippen LogP contribution in [0.3, 0.4) is 0 Å². The quantitative estimate of drug-likeness (QED) is 0.554. The number of hydrogen-bond acceptors (Lipinski definition) is 6. The average molecular weight is 391 g/mol. The molecule has 28 heavy (non-hydrogen) atoms. The lowest BCUT2D eigenvalue weighted by Crippen LogP contribution is -2.41. The molecule has 7 heteroatoms. The lowest BCUT2D eigenvalue weighted by Gasteiger charge is -2.34. The highest BCUT2D eigenvalue weighted by atomic mass is 32.1. The van der Waals surface area contributed by atoms with Crippen LogP contribution in [-0.4, -0.2) is 44.9 Å². The van der Waals surface area contributed by atoms with Crippen LogP contribution in [0.4, 0.5) is 5.13 Å². The number of anilines is 1. The van der Waals surface area contributed by atoms with Crippen molar-refractivity contribution in [2.24, 2.45) is 0 Å². The maximum absolute atomic E-state index is 4.39. The maximum atomic E-state index is 4.39. The minimum atomic E-state index is 0.451. The Labute approximate surface area is 167 Å². The molecule has 1 aliphatic heterocycles. The first-order valence-corrected chi connectivity index (χ1v) is 10.3. The van der Waals surface area contributed by atoms with Gasteiger partial charge in [-0.3, -0.25) is 10.00 Å². The van der Waals surface area contributed by atoms with Crippen molar-refractivity contribution < 1.29 is 0 Å². The van der Waals surface area contributed by atoms with Crippen LogP contribution in [0.5, 0.6) is 0 Å². The summed E-state index contributed by atoms with van der Waals surface area (Å²) >= 11 is 1.60. The molecule has 1 aliphatic rings. The second-order valence-electron chi connectivity index (χ2n) is 7.42. The van der Waals surface area contributed by atoms with Gasteiger partial charge in [0.05, 0.1) is 5.52 Å². The molecule has 0 unspecified atom stereocenters. The summed E-state index contributed by atoms with van der Waals surface area (Å²) in [5.74, 6) is 0. The molecule has 2 N–H and O–H groups in total. The van der Waals surface area contributed by atoms with E-state index in [1.165, 1.54) is 11.1 Å². The second kappa shape index (κ2) is 7.00. The predicted molar refractivity (Wildman–Crippen MR) is 114 cm³/mol. The van der Waals surface area contributed by atoms with Crippen molar-refractivity contribution in [1.82, 2.24) is 25.3 Å². The number of likely N-dealkylation sites (N-methyl/N-ethyl adjacent to an activating group) is 1. The minimum Gasteiger partial charge on any atom is -0.358 e. The van der Waals surface area contributed by atoms with Crippen LogP contribution < -0.4 is 5.32 Å². The smallest absolute Gasteiger partial charge is 0.206 e. The zero-order valence-electron chi connectivity index (χ0n) is 15.9. The summed E-state index contributed by atoms with van der Waals surface area (Å²) in [6, 6.07) is 15.4. The summed E-state index contributed by atoms with van der Waals surface area (Å²) in [5, 5.41) is 22.5. The number of rotatable bonds is 4. The molecular weight excluding hydrogens is 368 g/mol. The fraction of sp³-hybridized carbons (Fsp3) is 0.286. The SMILES string of the molecule is Cc1[nH]nc2ccc(-c3nnc(NC[C@@H]4Cc5ccccc5CN4C)s3)cc12. The van der Waals surface area contributed by atoms with Crippen molar-refractivity contribution in [1.29, 1.82) is 0 Å². The standard InChI is InChI=1S/C21H22N6S/c1-13-18-10-15(7-8-19(18)24-23-13)20-25-26-21(28-20)22-11-17-9-14-5-3-4-6-16(14)12-27(17)2/h3-8,10,17H,9,11-12H2,1-2H3,(H,22,26)(H,23,24)/t17-/m0/s1. The van der Waals surface area contributed by atoms with Crippen LogP contribution >= 0.6 is 11.3 Å². The van der Waals surface area contributed by atoms with Crippen molar-refractivity contribution in [3.05, 3.63) is 59.3 Å². The van der Waals surface area contributed by atoms with E-state index in [2.05, 4.69) is 74.1 Å². The van der Waals surface area contributed by atoms with E-state index in [0.29, 0.717) is 6.04 Å². The van der Waals surface area contributed by atoms with Gasteiger partial charge in [-0.25, -0.2) is 0 Å². The summed E-state index contributed by atoms with van der Waals surface area (Å²) in [7, 11) is 2.19. The number of fused-ring (bicyclic) bond motifs is 2. The molecule has 0 amide bonds. The highest BCUT2D eigenvalue weighted by Crippen LogP contribution is 2.30. The van der Waals surface area contributed by atoms with Crippen LogP contribution in [0.25, 0.3) is 21.5 Å². The van der Waals surface area contributed by atoms with Gasteiger partial charge in [-0.05, 0) is 49.7 Å². The molecule has 0 radical (unpaired) electrons. The molecular formula is C21H22N6S. The Kier molecular flexibility index (Phi) is 4.33. The summed E-state index contributed by atoms with van der Waals surface area (Å²) in [4.78, 5) is 2.41. The number of benzene rings is 2. The van der Waals surface area contributed by atoms with E-state index in [4.69, 9.17) is 0 Å². The topological polar surface area (TPSA) is 69.7 Å². The van der Waals surface area contributed by atoms with Gasteiger partial charge < -0.3 is 5.32 Å². The Balaban J connectivity index is 1.29. The van der Waals surface area contributed by atoms with Gasteiger partial charge >= 0.3 is 0 Å². The van der Waals surface area contributed by atoms with Gasteiger partial charge in [0.25, 0.3) is 0 Å². The average Bonchev–Trinajstić information content (AvgIpc) is 3.33. The molecule has 0 bridgehead atoms. The van der Waals surface area contributed by atoms with Gasteiger partial charge in [0.1, 0.15) is 5.01 Å². The van der Waals surface area contributed by atoms with Crippen molar-refractivity contribution in [3.8, 4) is 10.6 Å². The monoisotopic (exact) mass is 390 g/mol. The van der Waals surface area contributed by atoms with Crippen molar-refractivity contribution in [2.75, 3.05) is 18.9 Å². The number of aromatic nitrogens is 4. The highest BCUT2D eigenvalue weighted by molar-refractivity contribution is 7.18. The summed E-state index contributed by atoms with van der Waals surface area (Å²) in [5.41, 5.74) is 6.01. The molecule has 2 aromatic heterocycles. The van der Waals surface area contributed by atoms with Crippen molar-refractivity contribution in [3.63, 3.8) is 0 Å².